The van der Waals surface area contributed by atoms with Crippen LogP contribution < -0.4 is 26.6 Å². The van der Waals surface area contributed by atoms with Crippen LogP contribution in [0.15, 0.2) is 0 Å². The van der Waals surface area contributed by atoms with E-state index in [0.717, 1.165) is 32.4 Å². The molecule has 0 radical (unpaired) electrons. The summed E-state index contributed by atoms with van der Waals surface area (Å²) in [5, 5.41) is 13.9. The van der Waals surface area contributed by atoms with Crippen LogP contribution in [0.5, 0.6) is 0 Å². The summed E-state index contributed by atoms with van der Waals surface area (Å²) in [5.74, 6) is -10.9. The normalized spacial score (nSPS) is 16.2. The summed E-state index contributed by atoms with van der Waals surface area (Å²) in [4.78, 5) is 331. The average Bonchev–Trinajstić information content (AvgIpc) is 0.683. The Hall–Kier alpha value is -9.70. The quantitative estimate of drug-likeness (QED) is 0.0163. The van der Waals surface area contributed by atoms with Crippen LogP contribution in [-0.2, 0) is 47.9 Å². The summed E-state index contributed by atoms with van der Waals surface area (Å²) in [6.07, 6.45) is 8.71. The predicted molar refractivity (Wildman–Crippen MR) is 587 cm³/mol. The molecule has 3 rings (SSSR count). The lowest BCUT2D eigenvalue weighted by molar-refractivity contribution is -0.212. The van der Waals surface area contributed by atoms with Crippen molar-refractivity contribution < 1.29 is 86.3 Å². The second kappa shape index (κ2) is 62.6. The molecule has 3 saturated carbocycles. The Kier molecular flexibility index (Phi) is 56.1. The van der Waals surface area contributed by atoms with Crippen molar-refractivity contribution in [2.75, 3.05) is 146 Å². The van der Waals surface area contributed by atoms with E-state index in [9.17, 15) is 19.2 Å². The van der Waals surface area contributed by atoms with E-state index < -0.39 is 235 Å². The van der Waals surface area contributed by atoms with Gasteiger partial charge < -0.3 is 51.1 Å². The molecule has 0 bridgehead atoms. The fraction of sp³-hybridized carbons (Fsp3) is 0.836. The number of carbonyl (C=O) groups is 18. The number of amides is 26. The van der Waals surface area contributed by atoms with Crippen molar-refractivity contribution in [3.8, 4) is 0 Å². The maximum absolute atomic E-state index is 20.5. The van der Waals surface area contributed by atoms with E-state index in [4.69, 9.17) is 0 Å². The minimum atomic E-state index is -4.20. The van der Waals surface area contributed by atoms with Gasteiger partial charge in [-0.15, -0.1) is 0 Å². The Labute approximate surface area is 900 Å². The summed E-state index contributed by atoms with van der Waals surface area (Å²) in [6, 6.07) is -18.3. The van der Waals surface area contributed by atoms with Crippen LogP contribution in [0.1, 0.15) is 374 Å². The molecule has 40 heteroatoms. The molecule has 40 nitrogen and oxygen atoms in total. The number of carbonyl (C=O) groups excluding carboxylic acids is 18. The van der Waals surface area contributed by atoms with Gasteiger partial charge in [-0.25, -0.2) is 62.9 Å². The van der Waals surface area contributed by atoms with E-state index in [0.29, 0.717) is 128 Å². The van der Waals surface area contributed by atoms with Gasteiger partial charge in [0.05, 0.1) is 11.1 Å². The van der Waals surface area contributed by atoms with E-state index in [1.807, 2.05) is 62.3 Å². The van der Waals surface area contributed by atoms with Gasteiger partial charge in [-0.2, -0.15) is 0 Å². The summed E-state index contributed by atoms with van der Waals surface area (Å²) in [6.45, 7) is 43.4. The van der Waals surface area contributed by atoms with Gasteiger partial charge in [-0.1, -0.05) is 170 Å². The lowest BCUT2D eigenvalue weighted by Gasteiger charge is -2.68. The van der Waals surface area contributed by atoms with Crippen LogP contribution in [0, 0.1) is 10.8 Å². The Morgan fingerprint density at radius 2 is 0.867 bits per heavy atom. The first-order valence-electron chi connectivity index (χ1n) is 56.9. The fourth-order valence-corrected chi connectivity index (χ4v) is 21.9. The maximum Gasteiger partial charge on any atom is 0.336 e. The molecular formula is C110H202N22O18. The van der Waals surface area contributed by atoms with Gasteiger partial charge in [0.25, 0.3) is 23.6 Å². The zero-order valence-electron chi connectivity index (χ0n) is 98.9. The second-order valence-electron chi connectivity index (χ2n) is 44.1. The van der Waals surface area contributed by atoms with Gasteiger partial charge in [-0.05, 0) is 243 Å². The van der Waals surface area contributed by atoms with Gasteiger partial charge in [0.1, 0.15) is 24.3 Å². The Balaban J connectivity index is 3.65. The van der Waals surface area contributed by atoms with E-state index >= 15 is 67.1 Å². The maximum atomic E-state index is 20.5. The lowest BCUT2D eigenvalue weighted by atomic mass is 9.50. The summed E-state index contributed by atoms with van der Waals surface area (Å²) in [7, 11) is 7.14. The standard InChI is InChI=1S/C110H202N22O18/c1-34-52-56-67-113-90(137)85(62-53-35-2)115-96(143)131(105(23,24)25)103(150)127(80(19)45-12)93(140)109(91(138)119(48-15)49-16,92(139)126(78-104(20,21)22)100(147)129(83-63-64-83)102(149)130(82-60-57-61-82)101(148)128(97(144)116(29)30)81-58-54-55-59-81)107(27,124(50-17)51-18)108(28,117(31)32)110(95(142)121(71-39-6)72-40-7,94(141)118(33)106(26,125(75-43-10)76-44-11)86(47-14)120(69-37-4)70-38-5)132(98(145)122(73-41-8)74-42-9)99(146)123(79-133)77-88(135)111-68-65-87(134)114-84(46-13)89(136)112-66-36-3/h79-86H,34-78H2,1-33H3,(H,111,135)(H,112,136)(H,113,137)(H,114,134)(H,115,143). The first kappa shape index (κ1) is 134. The molecule has 0 aromatic rings. The number of unbranched alkanes of at least 4 members (excludes halogenated alkanes) is 3. The first-order chi connectivity index (χ1) is 70.7. The molecule has 0 saturated heterocycles. The number of hydrogen-bond acceptors (Lipinski definition) is 22. The highest BCUT2D eigenvalue weighted by Crippen LogP contribution is 2.58. The Bertz CT molecular complexity index is 4370. The smallest absolute Gasteiger partial charge is 0.336 e. The molecule has 0 aromatic carbocycles. The highest BCUT2D eigenvalue weighted by atomic mass is 16.3. The molecule has 5 N–H and O–H groups in total. The van der Waals surface area contributed by atoms with Crippen molar-refractivity contribution in [1.82, 2.24) is 110 Å². The van der Waals surface area contributed by atoms with Crippen molar-refractivity contribution in [2.24, 2.45) is 10.8 Å². The molecule has 0 aromatic heterocycles. The SMILES string of the molecule is CCCCCNC(=O)C(CCCC)NC(=O)N(C(=O)N(C(=O)C(C(=O)N(CC)CC)(C(=O)N(CC(C)(C)C)C(=O)N(C(=O)N(C(=O)N(C(=O)N(C)C)C1CCCC1)C1CCC1)C1CC1)C(C)(N(CC)CC)C(C)(N(C)C)C(C(=O)N(CCC)CCC)(C(=O)N(C)C(C)(C(CC)N(CCC)CCC)N(CCC)CCC)N(C(=O)N(C=O)CC(=O)NCCC(=O)NC(CC)C(=O)NCCC)C(=O)N(CCC)CCC)C(C)CC)C(C)(C)C. The van der Waals surface area contributed by atoms with Crippen molar-refractivity contribution in [2.45, 2.75) is 444 Å². The highest BCUT2D eigenvalue weighted by Gasteiger charge is 2.85. The average molecular weight is 2120 g/mol. The topological polar surface area (TPSA) is 422 Å². The van der Waals surface area contributed by atoms with Gasteiger partial charge >= 0.3 is 48.2 Å². The molecule has 0 heterocycles. The minimum Gasteiger partial charge on any atom is -0.354 e. The zero-order valence-corrected chi connectivity index (χ0v) is 98.9. The van der Waals surface area contributed by atoms with Crippen molar-refractivity contribution >= 4 is 108 Å². The van der Waals surface area contributed by atoms with E-state index in [1.165, 1.54) is 106 Å². The number of nitrogens with one attached hydrogen (secondary N) is 5. The van der Waals surface area contributed by atoms with E-state index in [1.54, 1.807) is 90.0 Å². The molecule has 26 amide bonds. The molecule has 860 valence electrons. The van der Waals surface area contributed by atoms with Crippen LogP contribution in [-0.4, -0.2) is 408 Å². The minimum absolute atomic E-state index is 0.0448. The van der Waals surface area contributed by atoms with Gasteiger partial charge in [0.15, 0.2) is 0 Å². The monoisotopic (exact) mass is 2120 g/mol. The number of urea groups is 8. The first-order valence-corrected chi connectivity index (χ1v) is 56.9. The molecule has 150 heavy (non-hydrogen) atoms. The third kappa shape index (κ3) is 30.9. The van der Waals surface area contributed by atoms with Crippen LogP contribution in [0.2, 0.25) is 0 Å². The predicted octanol–water partition coefficient (Wildman–Crippen LogP) is 14.8. The van der Waals surface area contributed by atoms with E-state index in [2.05, 4.69) is 36.4 Å². The largest absolute Gasteiger partial charge is 0.354 e. The summed E-state index contributed by atoms with van der Waals surface area (Å²) < 4.78 is 0. The second-order valence-corrected chi connectivity index (χ2v) is 44.1. The summed E-state index contributed by atoms with van der Waals surface area (Å²) in [5.41, 5.74) is -20.2. The van der Waals surface area contributed by atoms with Crippen LogP contribution in [0.3, 0.4) is 0 Å². The van der Waals surface area contributed by atoms with Crippen LogP contribution in [0.25, 0.3) is 0 Å². The Morgan fingerprint density at radius 1 is 0.387 bits per heavy atom. The fourth-order valence-electron chi connectivity index (χ4n) is 21.9. The third-order valence-corrected chi connectivity index (χ3v) is 30.4. The lowest BCUT2D eigenvalue weighted by Crippen LogP contribution is -2.94. The van der Waals surface area contributed by atoms with Crippen molar-refractivity contribution in [3.05, 3.63) is 0 Å². The van der Waals surface area contributed by atoms with Crippen LogP contribution in [0.4, 0.5) is 38.4 Å². The molecule has 9 atom stereocenters. The van der Waals surface area contributed by atoms with E-state index in [-0.39, 0.29) is 129 Å². The van der Waals surface area contributed by atoms with Crippen molar-refractivity contribution in [3.63, 3.8) is 0 Å². The van der Waals surface area contributed by atoms with Crippen LogP contribution >= 0.6 is 0 Å². The molecule has 3 fully saturated rings. The molecule has 0 spiro atoms. The molecule has 9 unspecified atom stereocenters. The molecule has 3 aliphatic rings. The number of imide groups is 8. The highest BCUT2D eigenvalue weighted by molar-refractivity contribution is 6.30. The Morgan fingerprint density at radius 3 is 1.29 bits per heavy atom. The molecule has 3 aliphatic carbocycles. The number of rotatable bonds is 62. The number of hydrogen-bond donors (Lipinski definition) is 5. The zero-order chi connectivity index (χ0) is 114. The molecule has 0 aliphatic heterocycles. The number of likely N-dealkylation sites (N-methyl/N-ethyl adjacent to an activating group) is 3. The van der Waals surface area contributed by atoms with Gasteiger partial charge in [-0.3, -0.25) is 82.2 Å². The summed E-state index contributed by atoms with van der Waals surface area (Å²) >= 11 is 0. The van der Waals surface area contributed by atoms with Crippen molar-refractivity contribution in [1.29, 1.82) is 0 Å². The van der Waals surface area contributed by atoms with Gasteiger partial charge in [0, 0.05) is 142 Å². The third-order valence-electron chi connectivity index (χ3n) is 30.4. The van der Waals surface area contributed by atoms with Gasteiger partial charge in [0.2, 0.25) is 46.9 Å². The number of nitrogens with zero attached hydrogens (tertiary/aromatic N) is 17. The molecular weight excluding hydrogens is 1920 g/mol.